The molecule has 0 aliphatic heterocycles. The Morgan fingerprint density at radius 1 is 1.32 bits per heavy atom. The maximum Gasteiger partial charge on any atom is 0.389 e. The number of hydrogen-bond donors (Lipinski definition) is 2. The molecular formula is C13H19F3N2S. The zero-order chi connectivity index (χ0) is 14.3. The SMILES string of the molecule is Cc1ccccc1SCC(CCCC(F)(F)F)NN. The van der Waals surface area contributed by atoms with Crippen molar-refractivity contribution in [1.82, 2.24) is 5.43 Å². The standard InChI is InChI=1S/C13H19F3N2S/c1-10-5-2-3-7-12(10)19-9-11(18-17)6-4-8-13(14,15)16/h2-3,5,7,11,18H,4,6,8-9,17H2,1H3. The third kappa shape index (κ3) is 6.84. The van der Waals surface area contributed by atoms with Crippen LogP contribution in [-0.4, -0.2) is 18.0 Å². The predicted octanol–water partition coefficient (Wildman–Crippen LogP) is 3.65. The molecule has 0 bridgehead atoms. The summed E-state index contributed by atoms with van der Waals surface area (Å²) in [7, 11) is 0. The lowest BCUT2D eigenvalue weighted by atomic mass is 10.1. The van der Waals surface area contributed by atoms with Crippen LogP contribution in [0.15, 0.2) is 29.2 Å². The van der Waals surface area contributed by atoms with Gasteiger partial charge in [-0.2, -0.15) is 13.2 Å². The van der Waals surface area contributed by atoms with Gasteiger partial charge in [-0.05, 0) is 31.4 Å². The summed E-state index contributed by atoms with van der Waals surface area (Å²) in [5, 5.41) is 0. The van der Waals surface area contributed by atoms with Crippen LogP contribution < -0.4 is 11.3 Å². The molecule has 0 aromatic heterocycles. The molecule has 0 aliphatic carbocycles. The number of halogens is 3. The van der Waals surface area contributed by atoms with Crippen molar-refractivity contribution in [3.63, 3.8) is 0 Å². The summed E-state index contributed by atoms with van der Waals surface area (Å²) in [5.74, 6) is 6.05. The lowest BCUT2D eigenvalue weighted by molar-refractivity contribution is -0.135. The van der Waals surface area contributed by atoms with Gasteiger partial charge in [0.05, 0.1) is 0 Å². The zero-order valence-electron chi connectivity index (χ0n) is 10.8. The van der Waals surface area contributed by atoms with E-state index in [9.17, 15) is 13.2 Å². The van der Waals surface area contributed by atoms with Crippen molar-refractivity contribution in [2.24, 2.45) is 5.84 Å². The van der Waals surface area contributed by atoms with E-state index in [-0.39, 0.29) is 12.5 Å². The van der Waals surface area contributed by atoms with Gasteiger partial charge >= 0.3 is 6.18 Å². The first-order chi connectivity index (χ1) is 8.92. The van der Waals surface area contributed by atoms with Crippen molar-refractivity contribution in [2.75, 3.05) is 5.75 Å². The van der Waals surface area contributed by atoms with Crippen LogP contribution in [-0.2, 0) is 0 Å². The molecule has 6 heteroatoms. The van der Waals surface area contributed by atoms with Gasteiger partial charge in [-0.1, -0.05) is 18.2 Å². The molecule has 1 unspecified atom stereocenters. The fraction of sp³-hybridized carbons (Fsp3) is 0.538. The average Bonchev–Trinajstić information content (AvgIpc) is 2.34. The minimum atomic E-state index is -4.08. The lowest BCUT2D eigenvalue weighted by Gasteiger charge is -2.16. The quantitative estimate of drug-likeness (QED) is 0.458. The predicted molar refractivity (Wildman–Crippen MR) is 72.9 cm³/mol. The van der Waals surface area contributed by atoms with Crippen LogP contribution in [0, 0.1) is 6.92 Å². The molecule has 0 heterocycles. The van der Waals surface area contributed by atoms with E-state index in [4.69, 9.17) is 5.84 Å². The highest BCUT2D eigenvalue weighted by atomic mass is 32.2. The molecule has 1 rings (SSSR count). The summed E-state index contributed by atoms with van der Waals surface area (Å²) in [6.45, 7) is 2.01. The van der Waals surface area contributed by atoms with E-state index in [0.717, 1.165) is 4.90 Å². The Kier molecular flexibility index (Phi) is 6.68. The molecule has 1 aromatic carbocycles. The second kappa shape index (κ2) is 7.77. The molecule has 0 aliphatic rings. The van der Waals surface area contributed by atoms with E-state index in [1.54, 1.807) is 11.8 Å². The summed E-state index contributed by atoms with van der Waals surface area (Å²) in [5.41, 5.74) is 3.76. The van der Waals surface area contributed by atoms with Crippen LogP contribution in [0.5, 0.6) is 0 Å². The van der Waals surface area contributed by atoms with Crippen LogP contribution >= 0.6 is 11.8 Å². The van der Waals surface area contributed by atoms with Gasteiger partial charge in [-0.15, -0.1) is 11.8 Å². The number of rotatable bonds is 7. The summed E-state index contributed by atoms with van der Waals surface area (Å²) in [6, 6.07) is 7.82. The fourth-order valence-corrected chi connectivity index (χ4v) is 2.79. The van der Waals surface area contributed by atoms with Crippen molar-refractivity contribution in [1.29, 1.82) is 0 Å². The third-order valence-corrected chi connectivity index (χ3v) is 4.12. The van der Waals surface area contributed by atoms with Gasteiger partial charge in [0.2, 0.25) is 0 Å². The molecule has 1 aromatic rings. The highest BCUT2D eigenvalue weighted by Gasteiger charge is 2.26. The van der Waals surface area contributed by atoms with E-state index >= 15 is 0 Å². The second-order valence-electron chi connectivity index (χ2n) is 4.45. The van der Waals surface area contributed by atoms with Crippen LogP contribution in [0.3, 0.4) is 0 Å². The summed E-state index contributed by atoms with van der Waals surface area (Å²) in [6.07, 6.45) is -4.30. The Labute approximate surface area is 115 Å². The molecule has 3 N–H and O–H groups in total. The molecule has 19 heavy (non-hydrogen) atoms. The van der Waals surface area contributed by atoms with Crippen molar-refractivity contribution >= 4 is 11.8 Å². The van der Waals surface area contributed by atoms with E-state index in [0.29, 0.717) is 12.2 Å². The largest absolute Gasteiger partial charge is 0.389 e. The number of hydrazine groups is 1. The van der Waals surface area contributed by atoms with Gasteiger partial charge < -0.3 is 0 Å². The Bertz CT molecular complexity index is 382. The molecule has 1 atom stereocenters. The summed E-state index contributed by atoms with van der Waals surface area (Å²) < 4.78 is 36.2. The first-order valence-corrected chi connectivity index (χ1v) is 7.12. The molecule has 0 saturated heterocycles. The smallest absolute Gasteiger partial charge is 0.271 e. The molecule has 108 valence electrons. The zero-order valence-corrected chi connectivity index (χ0v) is 11.7. The average molecular weight is 292 g/mol. The van der Waals surface area contributed by atoms with Crippen molar-refractivity contribution in [3.05, 3.63) is 29.8 Å². The first-order valence-electron chi connectivity index (χ1n) is 6.13. The van der Waals surface area contributed by atoms with E-state index in [1.165, 1.54) is 5.56 Å². The maximum absolute atomic E-state index is 12.1. The highest BCUT2D eigenvalue weighted by molar-refractivity contribution is 7.99. The summed E-state index contributed by atoms with van der Waals surface area (Å²) >= 11 is 1.61. The third-order valence-electron chi connectivity index (χ3n) is 2.78. The topological polar surface area (TPSA) is 38.0 Å². The number of thioether (sulfide) groups is 1. The Morgan fingerprint density at radius 2 is 2.00 bits per heavy atom. The highest BCUT2D eigenvalue weighted by Crippen LogP contribution is 2.25. The number of alkyl halides is 3. The number of hydrogen-bond acceptors (Lipinski definition) is 3. The maximum atomic E-state index is 12.1. The Morgan fingerprint density at radius 3 is 2.58 bits per heavy atom. The molecule has 0 amide bonds. The second-order valence-corrected chi connectivity index (χ2v) is 5.51. The van der Waals surface area contributed by atoms with E-state index < -0.39 is 12.6 Å². The normalized spacial score (nSPS) is 13.5. The lowest BCUT2D eigenvalue weighted by Crippen LogP contribution is -2.37. The van der Waals surface area contributed by atoms with Crippen molar-refractivity contribution < 1.29 is 13.2 Å². The summed E-state index contributed by atoms with van der Waals surface area (Å²) in [4.78, 5) is 1.14. The number of nitrogens with two attached hydrogens (primary N) is 1. The van der Waals surface area contributed by atoms with Crippen molar-refractivity contribution in [3.8, 4) is 0 Å². The van der Waals surface area contributed by atoms with Gasteiger partial charge in [0.25, 0.3) is 0 Å². The van der Waals surface area contributed by atoms with Gasteiger partial charge in [-0.25, -0.2) is 0 Å². The van der Waals surface area contributed by atoms with Gasteiger partial charge in [-0.3, -0.25) is 11.3 Å². The van der Waals surface area contributed by atoms with Crippen LogP contribution in [0.1, 0.15) is 24.8 Å². The number of aryl methyl sites for hydroxylation is 1. The molecular weight excluding hydrogens is 273 g/mol. The van der Waals surface area contributed by atoms with Gasteiger partial charge in [0, 0.05) is 23.1 Å². The number of nitrogens with one attached hydrogen (secondary N) is 1. The van der Waals surface area contributed by atoms with Gasteiger partial charge in [0.1, 0.15) is 0 Å². The molecule has 0 spiro atoms. The van der Waals surface area contributed by atoms with Crippen molar-refractivity contribution in [2.45, 2.75) is 43.3 Å². The first kappa shape index (κ1) is 16.3. The van der Waals surface area contributed by atoms with E-state index in [2.05, 4.69) is 5.43 Å². The Balaban J connectivity index is 2.35. The monoisotopic (exact) mass is 292 g/mol. The van der Waals surface area contributed by atoms with Crippen LogP contribution in [0.25, 0.3) is 0 Å². The number of benzene rings is 1. The fourth-order valence-electron chi connectivity index (χ4n) is 1.67. The molecule has 2 nitrogen and oxygen atoms in total. The molecule has 0 saturated carbocycles. The van der Waals surface area contributed by atoms with Crippen LogP contribution in [0.2, 0.25) is 0 Å². The van der Waals surface area contributed by atoms with Gasteiger partial charge in [0.15, 0.2) is 0 Å². The van der Waals surface area contributed by atoms with E-state index in [1.807, 2.05) is 31.2 Å². The minimum Gasteiger partial charge on any atom is -0.271 e. The minimum absolute atomic E-state index is 0.104. The molecule has 0 radical (unpaired) electrons. The molecule has 0 fully saturated rings. The van der Waals surface area contributed by atoms with Crippen LogP contribution in [0.4, 0.5) is 13.2 Å². The Hall–Kier alpha value is -0.720.